The van der Waals surface area contributed by atoms with Crippen molar-refractivity contribution in [1.29, 1.82) is 0 Å². The highest BCUT2D eigenvalue weighted by Crippen LogP contribution is 2.21. The largest absolute Gasteiger partial charge is 0.267 e. The second kappa shape index (κ2) is 6.89. The summed E-state index contributed by atoms with van der Waals surface area (Å²) in [6, 6.07) is 10.0. The highest BCUT2D eigenvalue weighted by molar-refractivity contribution is 7.71. The van der Waals surface area contributed by atoms with Gasteiger partial charge in [0.2, 0.25) is 0 Å². The van der Waals surface area contributed by atoms with Gasteiger partial charge >= 0.3 is 0 Å². The third-order valence-electron chi connectivity index (χ3n) is 4.10. The zero-order valence-corrected chi connectivity index (χ0v) is 15.5. The fourth-order valence-corrected chi connectivity index (χ4v) is 3.20. The molecule has 1 atom stereocenters. The van der Waals surface area contributed by atoms with Crippen LogP contribution in [0, 0.1) is 4.77 Å². The molecule has 0 radical (unpaired) electrons. The average molecular weight is 386 g/mol. The molecule has 9 heteroatoms. The van der Waals surface area contributed by atoms with Crippen molar-refractivity contribution in [2.75, 3.05) is 0 Å². The highest BCUT2D eigenvalue weighted by Gasteiger charge is 2.19. The molecule has 0 saturated heterocycles. The minimum Gasteiger partial charge on any atom is -0.267 e. The van der Waals surface area contributed by atoms with Crippen LogP contribution in [0.5, 0.6) is 0 Å². The van der Waals surface area contributed by atoms with Gasteiger partial charge in [-0.1, -0.05) is 41.9 Å². The minimum absolute atomic E-state index is 0.145. The Balaban J connectivity index is 1.66. The molecule has 0 bridgehead atoms. The van der Waals surface area contributed by atoms with Crippen molar-refractivity contribution in [2.24, 2.45) is 0 Å². The van der Waals surface area contributed by atoms with Crippen molar-refractivity contribution in [3.05, 3.63) is 76.3 Å². The molecule has 4 aromatic rings. The van der Waals surface area contributed by atoms with Crippen LogP contribution in [0.1, 0.15) is 24.4 Å². The molecule has 26 heavy (non-hydrogen) atoms. The zero-order valence-electron chi connectivity index (χ0n) is 14.0. The van der Waals surface area contributed by atoms with Gasteiger partial charge in [0.05, 0.1) is 29.6 Å². The van der Waals surface area contributed by atoms with Crippen LogP contribution in [0.2, 0.25) is 5.02 Å². The van der Waals surface area contributed by atoms with E-state index in [4.69, 9.17) is 23.8 Å². The van der Waals surface area contributed by atoms with E-state index in [-0.39, 0.29) is 6.04 Å². The van der Waals surface area contributed by atoms with Gasteiger partial charge in [-0.2, -0.15) is 15.3 Å². The Bertz CT molecular complexity index is 1080. The summed E-state index contributed by atoms with van der Waals surface area (Å²) in [5.41, 5.74) is 2.03. The Labute approximate surface area is 159 Å². The summed E-state index contributed by atoms with van der Waals surface area (Å²) < 4.78 is 5.99. The number of rotatable bonds is 5. The molecule has 0 amide bonds. The van der Waals surface area contributed by atoms with Crippen LogP contribution in [0.15, 0.2) is 55.1 Å². The lowest BCUT2D eigenvalue weighted by atomic mass is 10.2. The Kier molecular flexibility index (Phi) is 4.44. The maximum atomic E-state index is 5.98. The van der Waals surface area contributed by atoms with Crippen molar-refractivity contribution in [1.82, 2.24) is 34.3 Å². The quantitative estimate of drug-likeness (QED) is 0.532. The van der Waals surface area contributed by atoms with Crippen LogP contribution < -0.4 is 0 Å². The highest BCUT2D eigenvalue weighted by atomic mass is 35.5. The van der Waals surface area contributed by atoms with Crippen molar-refractivity contribution in [3.63, 3.8) is 0 Å². The van der Waals surface area contributed by atoms with Crippen molar-refractivity contribution >= 4 is 23.8 Å². The molecule has 132 valence electrons. The van der Waals surface area contributed by atoms with Crippen molar-refractivity contribution < 1.29 is 0 Å². The fraction of sp³-hybridized carbons (Fsp3) is 0.176. The fourth-order valence-electron chi connectivity index (χ4n) is 2.81. The zero-order chi connectivity index (χ0) is 18.1. The lowest BCUT2D eigenvalue weighted by Crippen LogP contribution is -2.13. The predicted octanol–water partition coefficient (Wildman–Crippen LogP) is 3.63. The molecule has 0 fully saturated rings. The van der Waals surface area contributed by atoms with E-state index in [2.05, 4.69) is 32.5 Å². The van der Waals surface area contributed by atoms with E-state index in [0.717, 1.165) is 11.5 Å². The van der Waals surface area contributed by atoms with Gasteiger partial charge in [0.1, 0.15) is 6.04 Å². The standard InChI is InChI=1S/C17H16ClN7S/c1-12(24-10-14(18)7-20-24)16-21-22-17(26)25(16)15-8-19-23(11-15)9-13-5-3-2-4-6-13/h2-8,10-12H,9H2,1H3,(H,22,26)/t12-/m1/s1. The van der Waals surface area contributed by atoms with Crippen LogP contribution >= 0.6 is 23.8 Å². The number of aromatic amines is 1. The summed E-state index contributed by atoms with van der Waals surface area (Å²) in [5, 5.41) is 16.5. The van der Waals surface area contributed by atoms with Gasteiger partial charge in [-0.3, -0.25) is 19.0 Å². The molecule has 0 saturated carbocycles. The second-order valence-electron chi connectivity index (χ2n) is 5.92. The molecule has 0 unspecified atom stereocenters. The maximum absolute atomic E-state index is 5.98. The molecule has 7 nitrogen and oxygen atoms in total. The molecule has 4 rings (SSSR count). The summed E-state index contributed by atoms with van der Waals surface area (Å²) in [4.78, 5) is 0. The van der Waals surface area contributed by atoms with Gasteiger partial charge in [-0.15, -0.1) is 0 Å². The summed E-state index contributed by atoms with van der Waals surface area (Å²) >= 11 is 11.4. The number of hydrogen-bond donors (Lipinski definition) is 1. The first kappa shape index (κ1) is 16.7. The van der Waals surface area contributed by atoms with E-state index in [9.17, 15) is 0 Å². The van der Waals surface area contributed by atoms with Gasteiger partial charge in [0, 0.05) is 12.4 Å². The Morgan fingerprint density at radius 3 is 2.69 bits per heavy atom. The number of halogens is 1. The Hall–Kier alpha value is -2.71. The Morgan fingerprint density at radius 1 is 1.15 bits per heavy atom. The molecule has 0 spiro atoms. The summed E-state index contributed by atoms with van der Waals surface area (Å²) in [6.07, 6.45) is 7.08. The van der Waals surface area contributed by atoms with Crippen LogP contribution in [-0.2, 0) is 6.54 Å². The van der Waals surface area contributed by atoms with Crippen molar-refractivity contribution in [3.8, 4) is 5.69 Å². The summed E-state index contributed by atoms with van der Waals surface area (Å²) in [5.74, 6) is 0.731. The van der Waals surface area contributed by atoms with Gasteiger partial charge in [0.15, 0.2) is 10.6 Å². The van der Waals surface area contributed by atoms with Gasteiger partial charge < -0.3 is 0 Å². The maximum Gasteiger partial charge on any atom is 0.200 e. The number of nitrogens with zero attached hydrogens (tertiary/aromatic N) is 6. The predicted molar refractivity (Wildman–Crippen MR) is 101 cm³/mol. The first-order valence-electron chi connectivity index (χ1n) is 8.05. The normalized spacial score (nSPS) is 12.4. The molecular formula is C17H16ClN7S. The smallest absolute Gasteiger partial charge is 0.200 e. The molecule has 3 heterocycles. The monoisotopic (exact) mass is 385 g/mol. The van der Waals surface area contributed by atoms with E-state index < -0.39 is 0 Å². The number of H-pyrrole nitrogens is 1. The number of benzene rings is 1. The number of hydrogen-bond acceptors (Lipinski definition) is 4. The summed E-state index contributed by atoms with van der Waals surface area (Å²) in [6.45, 7) is 2.67. The number of nitrogens with one attached hydrogen (secondary N) is 1. The third-order valence-corrected chi connectivity index (χ3v) is 4.57. The van der Waals surface area contributed by atoms with E-state index in [0.29, 0.717) is 16.3 Å². The Morgan fingerprint density at radius 2 is 1.96 bits per heavy atom. The van der Waals surface area contributed by atoms with Gasteiger partial charge in [0.25, 0.3) is 0 Å². The molecule has 1 aromatic carbocycles. The van der Waals surface area contributed by atoms with E-state index >= 15 is 0 Å². The van der Waals surface area contributed by atoms with Crippen LogP contribution in [0.4, 0.5) is 0 Å². The summed E-state index contributed by atoms with van der Waals surface area (Å²) in [7, 11) is 0. The topological polar surface area (TPSA) is 69.2 Å². The van der Waals surface area contributed by atoms with E-state index in [1.54, 1.807) is 23.3 Å². The van der Waals surface area contributed by atoms with E-state index in [1.807, 2.05) is 40.6 Å². The average Bonchev–Trinajstić information content (AvgIpc) is 3.35. The lowest BCUT2D eigenvalue weighted by Gasteiger charge is -2.12. The molecule has 0 aliphatic rings. The second-order valence-corrected chi connectivity index (χ2v) is 6.74. The lowest BCUT2D eigenvalue weighted by molar-refractivity contribution is 0.527. The molecule has 0 aliphatic carbocycles. The first-order valence-corrected chi connectivity index (χ1v) is 8.84. The molecule has 0 aliphatic heterocycles. The first-order chi connectivity index (χ1) is 12.6. The molecule has 1 N–H and O–H groups in total. The van der Waals surface area contributed by atoms with Gasteiger partial charge in [-0.05, 0) is 24.7 Å². The van der Waals surface area contributed by atoms with Crippen LogP contribution in [0.3, 0.4) is 0 Å². The van der Waals surface area contributed by atoms with E-state index in [1.165, 1.54) is 5.56 Å². The third kappa shape index (κ3) is 3.21. The number of aromatic nitrogens is 7. The SMILES string of the molecule is C[C@H](c1n[nH]c(=S)n1-c1cnn(Cc2ccccc2)c1)n1cc(Cl)cn1. The molecule has 3 aromatic heterocycles. The van der Waals surface area contributed by atoms with Gasteiger partial charge in [-0.25, -0.2) is 0 Å². The van der Waals surface area contributed by atoms with Crippen LogP contribution in [0.25, 0.3) is 5.69 Å². The van der Waals surface area contributed by atoms with Crippen molar-refractivity contribution in [2.45, 2.75) is 19.5 Å². The minimum atomic E-state index is -0.145. The molecular weight excluding hydrogens is 370 g/mol. The van der Waals surface area contributed by atoms with Crippen LogP contribution in [-0.4, -0.2) is 34.3 Å².